The summed E-state index contributed by atoms with van der Waals surface area (Å²) >= 11 is 1.83. The van der Waals surface area contributed by atoms with Crippen LogP contribution >= 0.6 is 11.8 Å². The Morgan fingerprint density at radius 3 is 2.89 bits per heavy atom. The van der Waals surface area contributed by atoms with Gasteiger partial charge in [0.15, 0.2) is 0 Å². The molecule has 3 aliphatic rings. The number of hydrogen-bond acceptors (Lipinski definition) is 4. The number of thioether (sulfide) groups is 1. The third kappa shape index (κ3) is 1.72. The van der Waals surface area contributed by atoms with E-state index in [0.717, 1.165) is 29.1 Å². The topological polar surface area (TPSA) is 60.4 Å². The quantitative estimate of drug-likeness (QED) is 0.289. The molecule has 3 aliphatic heterocycles. The molecule has 6 heteroatoms. The zero-order chi connectivity index (χ0) is 12.2. The van der Waals surface area contributed by atoms with Crippen LogP contribution in [0.2, 0.25) is 0 Å². The number of allylic oxidation sites excluding steroid dienone is 1. The Balaban J connectivity index is 0.00000120. The second kappa shape index (κ2) is 5.04. The van der Waals surface area contributed by atoms with Gasteiger partial charge in [0.1, 0.15) is 0 Å². The van der Waals surface area contributed by atoms with Gasteiger partial charge >= 0.3 is 29.6 Å². The van der Waals surface area contributed by atoms with E-state index in [2.05, 4.69) is 0 Å². The molecule has 3 rings (SSSR count). The molecule has 2 atom stereocenters. The zero-order valence-corrected chi connectivity index (χ0v) is 13.3. The summed E-state index contributed by atoms with van der Waals surface area (Å²) in [4.78, 5) is 24.5. The molecule has 4 nitrogen and oxygen atoms in total. The van der Waals surface area contributed by atoms with Crippen LogP contribution in [0.4, 0.5) is 0 Å². The number of nitrogens with zero attached hydrogens (tertiary/aromatic N) is 1. The van der Waals surface area contributed by atoms with Gasteiger partial charge < -0.3 is 9.90 Å². The number of carboxylic acids is 1. The molecule has 0 N–H and O–H groups in total. The molecule has 0 aromatic rings. The van der Waals surface area contributed by atoms with Gasteiger partial charge in [-0.3, -0.25) is 9.69 Å². The Labute approximate surface area is 132 Å². The summed E-state index contributed by atoms with van der Waals surface area (Å²) in [5, 5.41) is 11.2. The molecule has 0 spiro atoms. The van der Waals surface area contributed by atoms with Crippen LogP contribution in [0.15, 0.2) is 22.9 Å². The molecule has 0 aromatic carbocycles. The number of fused-ring (bicyclic) bond motifs is 3. The van der Waals surface area contributed by atoms with Gasteiger partial charge in [-0.05, 0) is 24.7 Å². The van der Waals surface area contributed by atoms with Crippen molar-refractivity contribution < 1.29 is 44.3 Å². The Morgan fingerprint density at radius 1 is 1.56 bits per heavy atom. The van der Waals surface area contributed by atoms with E-state index in [1.807, 2.05) is 18.7 Å². The SMILES string of the molecule is C/C=C1/C(=O)N2C(C(=O)[O-])=C3CCSC[C@@H]3[C@H]12.[Na+]. The molecule has 2 saturated heterocycles. The number of carboxylic acid groups (broad SMARTS) is 1. The van der Waals surface area contributed by atoms with E-state index in [-0.39, 0.29) is 53.1 Å². The zero-order valence-electron chi connectivity index (χ0n) is 10.4. The molecule has 2 fully saturated rings. The van der Waals surface area contributed by atoms with Crippen molar-refractivity contribution in [1.82, 2.24) is 4.90 Å². The Bertz CT molecular complexity index is 486. The maximum Gasteiger partial charge on any atom is 1.00 e. The second-order valence-electron chi connectivity index (χ2n) is 4.46. The van der Waals surface area contributed by atoms with Gasteiger partial charge in [0.2, 0.25) is 0 Å². The van der Waals surface area contributed by atoms with Crippen molar-refractivity contribution in [1.29, 1.82) is 0 Å². The molecule has 3 heterocycles. The molecule has 90 valence electrons. The number of rotatable bonds is 1. The maximum absolute atomic E-state index is 11.9. The predicted octanol–water partition coefficient (Wildman–Crippen LogP) is -3.08. The fourth-order valence-corrected chi connectivity index (χ4v) is 4.20. The summed E-state index contributed by atoms with van der Waals surface area (Å²) in [5.41, 5.74) is 1.82. The van der Waals surface area contributed by atoms with Gasteiger partial charge in [0.25, 0.3) is 5.91 Å². The van der Waals surface area contributed by atoms with E-state index >= 15 is 0 Å². The third-order valence-electron chi connectivity index (χ3n) is 3.75. The summed E-state index contributed by atoms with van der Waals surface area (Å²) in [6, 6.07) is -0.0387. The van der Waals surface area contributed by atoms with Gasteiger partial charge in [-0.2, -0.15) is 11.8 Å². The minimum Gasteiger partial charge on any atom is -0.543 e. The first kappa shape index (κ1) is 14.2. The number of aliphatic carboxylic acids is 1. The summed E-state index contributed by atoms with van der Waals surface area (Å²) in [6.45, 7) is 1.83. The number of carbonyl (C=O) groups excluding carboxylic acids is 2. The molecule has 0 radical (unpaired) electrons. The van der Waals surface area contributed by atoms with E-state index in [1.54, 1.807) is 6.08 Å². The van der Waals surface area contributed by atoms with Crippen LogP contribution in [0.5, 0.6) is 0 Å². The summed E-state index contributed by atoms with van der Waals surface area (Å²) in [7, 11) is 0. The monoisotopic (exact) mass is 273 g/mol. The van der Waals surface area contributed by atoms with Crippen molar-refractivity contribution in [3.63, 3.8) is 0 Å². The molecule has 18 heavy (non-hydrogen) atoms. The molecular formula is C12H12NNaO3S. The number of β-lactam (4-membered cyclic amide) rings is 1. The van der Waals surface area contributed by atoms with E-state index in [9.17, 15) is 14.7 Å². The van der Waals surface area contributed by atoms with E-state index in [4.69, 9.17) is 0 Å². The molecule has 1 amide bonds. The summed E-state index contributed by atoms with van der Waals surface area (Å²) in [6.07, 6.45) is 2.56. The Kier molecular flexibility index (Phi) is 3.97. The molecule has 0 bridgehead atoms. The van der Waals surface area contributed by atoms with Crippen LogP contribution in [-0.2, 0) is 9.59 Å². The fourth-order valence-electron chi connectivity index (χ4n) is 3.03. The molecule has 0 aliphatic carbocycles. The molecule has 0 aromatic heterocycles. The van der Waals surface area contributed by atoms with Crippen LogP contribution in [0, 0.1) is 5.92 Å². The minimum absolute atomic E-state index is 0. The van der Waals surface area contributed by atoms with Crippen LogP contribution < -0.4 is 34.7 Å². The van der Waals surface area contributed by atoms with E-state index in [0.29, 0.717) is 0 Å². The average molecular weight is 273 g/mol. The van der Waals surface area contributed by atoms with Crippen LogP contribution in [0.1, 0.15) is 13.3 Å². The second-order valence-corrected chi connectivity index (χ2v) is 5.61. The first-order chi connectivity index (χ1) is 8.16. The van der Waals surface area contributed by atoms with Crippen molar-refractivity contribution in [2.45, 2.75) is 19.4 Å². The number of carbonyl (C=O) groups is 2. The van der Waals surface area contributed by atoms with Crippen LogP contribution in [0.3, 0.4) is 0 Å². The number of amides is 1. The smallest absolute Gasteiger partial charge is 0.543 e. The van der Waals surface area contributed by atoms with Crippen molar-refractivity contribution >= 4 is 23.6 Å². The largest absolute Gasteiger partial charge is 1.00 e. The normalized spacial score (nSPS) is 31.7. The maximum atomic E-state index is 11.9. The van der Waals surface area contributed by atoms with Crippen molar-refractivity contribution in [2.24, 2.45) is 5.92 Å². The van der Waals surface area contributed by atoms with Gasteiger partial charge in [0, 0.05) is 17.2 Å². The van der Waals surface area contributed by atoms with Crippen LogP contribution in [-0.4, -0.2) is 34.3 Å². The fraction of sp³-hybridized carbons (Fsp3) is 0.500. The van der Waals surface area contributed by atoms with Crippen molar-refractivity contribution in [2.75, 3.05) is 11.5 Å². The van der Waals surface area contributed by atoms with E-state index < -0.39 is 5.97 Å². The standard InChI is InChI=1S/C12H13NO3S.Na/c1-2-6-9-8-5-17-4-3-7(8)10(12(15)16)13(9)11(6)14;/h2,8-9H,3-5H2,1H3,(H,15,16);/q;+1/p-1/b6-2+;/t8-,9-;/m0./s1. The van der Waals surface area contributed by atoms with Gasteiger partial charge in [0.05, 0.1) is 17.7 Å². The summed E-state index contributed by atoms with van der Waals surface area (Å²) < 4.78 is 0. The molecular weight excluding hydrogens is 261 g/mol. The Hall–Kier alpha value is -0.230. The number of hydrogen-bond donors (Lipinski definition) is 0. The van der Waals surface area contributed by atoms with Gasteiger partial charge in [-0.15, -0.1) is 0 Å². The first-order valence-corrected chi connectivity index (χ1v) is 6.84. The minimum atomic E-state index is -1.21. The van der Waals surface area contributed by atoms with E-state index in [1.165, 1.54) is 4.90 Å². The predicted molar refractivity (Wildman–Crippen MR) is 61.9 cm³/mol. The molecule has 0 unspecified atom stereocenters. The first-order valence-electron chi connectivity index (χ1n) is 5.68. The van der Waals surface area contributed by atoms with Gasteiger partial charge in [-0.25, -0.2) is 0 Å². The van der Waals surface area contributed by atoms with Crippen molar-refractivity contribution in [3.8, 4) is 0 Å². The average Bonchev–Trinajstić information content (AvgIpc) is 2.61. The van der Waals surface area contributed by atoms with Crippen LogP contribution in [0.25, 0.3) is 0 Å². The van der Waals surface area contributed by atoms with Crippen molar-refractivity contribution in [3.05, 3.63) is 22.9 Å². The summed E-state index contributed by atoms with van der Waals surface area (Å²) in [5.74, 6) is 0.650. The molecule has 0 saturated carbocycles. The Morgan fingerprint density at radius 2 is 2.28 bits per heavy atom. The third-order valence-corrected chi connectivity index (χ3v) is 4.84. The van der Waals surface area contributed by atoms with Gasteiger partial charge in [-0.1, -0.05) is 6.08 Å².